The molecule has 0 aromatic heterocycles. The van der Waals surface area contributed by atoms with E-state index in [2.05, 4.69) is 45.9 Å². The first kappa shape index (κ1) is 11.9. The SMILES string of the molecule is C/C1=C/CC(C)(C)/C=C/CC2(C)OC2CC1. The number of fused-ring (bicyclic) bond motifs is 1. The lowest BCUT2D eigenvalue weighted by molar-refractivity contribution is 0.306. The third kappa shape index (κ3) is 2.76. The molecule has 0 aromatic rings. The molecule has 90 valence electrons. The summed E-state index contributed by atoms with van der Waals surface area (Å²) in [5.41, 5.74) is 1.94. The third-order valence-corrected chi connectivity index (χ3v) is 3.91. The maximum absolute atomic E-state index is 5.82. The first-order chi connectivity index (χ1) is 7.41. The zero-order valence-electron chi connectivity index (χ0n) is 11.0. The Bertz CT molecular complexity index is 324. The fourth-order valence-electron chi connectivity index (χ4n) is 2.41. The van der Waals surface area contributed by atoms with E-state index in [9.17, 15) is 0 Å². The van der Waals surface area contributed by atoms with E-state index in [1.807, 2.05) is 0 Å². The molecule has 0 bridgehead atoms. The van der Waals surface area contributed by atoms with Crippen LogP contribution in [0.4, 0.5) is 0 Å². The molecule has 2 rings (SSSR count). The lowest BCUT2D eigenvalue weighted by atomic mass is 9.87. The molecule has 1 aliphatic heterocycles. The fourth-order valence-corrected chi connectivity index (χ4v) is 2.41. The van der Waals surface area contributed by atoms with Gasteiger partial charge in [0.25, 0.3) is 0 Å². The van der Waals surface area contributed by atoms with Crippen LogP contribution < -0.4 is 0 Å². The predicted octanol–water partition coefficient (Wildman–Crippen LogP) is 4.25. The quantitative estimate of drug-likeness (QED) is 0.439. The van der Waals surface area contributed by atoms with Crippen LogP contribution >= 0.6 is 0 Å². The van der Waals surface area contributed by atoms with Crippen molar-refractivity contribution in [1.29, 1.82) is 0 Å². The highest BCUT2D eigenvalue weighted by Crippen LogP contribution is 2.43. The van der Waals surface area contributed by atoms with Gasteiger partial charge in [0.2, 0.25) is 0 Å². The van der Waals surface area contributed by atoms with Gasteiger partial charge < -0.3 is 4.74 Å². The Balaban J connectivity index is 2.11. The van der Waals surface area contributed by atoms with Gasteiger partial charge in [0.1, 0.15) is 0 Å². The van der Waals surface area contributed by atoms with Crippen molar-refractivity contribution >= 4 is 0 Å². The average molecular weight is 220 g/mol. The van der Waals surface area contributed by atoms with Gasteiger partial charge in [0, 0.05) is 0 Å². The van der Waals surface area contributed by atoms with E-state index in [0.29, 0.717) is 6.10 Å². The molecule has 2 unspecified atom stereocenters. The number of ether oxygens (including phenoxy) is 1. The van der Waals surface area contributed by atoms with Crippen LogP contribution in [-0.2, 0) is 4.74 Å². The number of hydrogen-bond acceptors (Lipinski definition) is 1. The summed E-state index contributed by atoms with van der Waals surface area (Å²) in [5.74, 6) is 0. The second kappa shape index (κ2) is 4.03. The second-order valence-corrected chi connectivity index (χ2v) is 6.31. The molecule has 0 spiro atoms. The number of allylic oxidation sites excluding steroid dienone is 3. The summed E-state index contributed by atoms with van der Waals surface area (Å²) in [7, 11) is 0. The topological polar surface area (TPSA) is 12.5 Å². The number of epoxide rings is 1. The predicted molar refractivity (Wildman–Crippen MR) is 68.4 cm³/mol. The van der Waals surface area contributed by atoms with Gasteiger partial charge >= 0.3 is 0 Å². The minimum atomic E-state index is 0.136. The summed E-state index contributed by atoms with van der Waals surface area (Å²) >= 11 is 0. The van der Waals surface area contributed by atoms with Gasteiger partial charge in [-0.05, 0) is 44.9 Å². The summed E-state index contributed by atoms with van der Waals surface area (Å²) in [6.45, 7) is 9.10. The van der Waals surface area contributed by atoms with Crippen LogP contribution in [0, 0.1) is 5.41 Å². The molecule has 1 heterocycles. The van der Waals surface area contributed by atoms with E-state index < -0.39 is 0 Å². The van der Waals surface area contributed by atoms with Gasteiger partial charge in [-0.3, -0.25) is 0 Å². The normalized spacial score (nSPS) is 43.5. The molecule has 1 fully saturated rings. The Morgan fingerprint density at radius 1 is 1.25 bits per heavy atom. The van der Waals surface area contributed by atoms with Crippen molar-refractivity contribution in [2.24, 2.45) is 5.41 Å². The summed E-state index contributed by atoms with van der Waals surface area (Å²) < 4.78 is 5.82. The summed E-state index contributed by atoms with van der Waals surface area (Å²) in [6, 6.07) is 0. The minimum absolute atomic E-state index is 0.136. The second-order valence-electron chi connectivity index (χ2n) is 6.31. The highest BCUT2D eigenvalue weighted by Gasteiger charge is 2.50. The molecular formula is C15H24O. The van der Waals surface area contributed by atoms with Crippen molar-refractivity contribution in [1.82, 2.24) is 0 Å². The average Bonchev–Trinajstić information content (AvgIpc) is 2.82. The summed E-state index contributed by atoms with van der Waals surface area (Å²) in [4.78, 5) is 0. The first-order valence-electron chi connectivity index (χ1n) is 6.42. The highest BCUT2D eigenvalue weighted by molar-refractivity contribution is 5.11. The van der Waals surface area contributed by atoms with Gasteiger partial charge in [-0.1, -0.05) is 37.6 Å². The number of hydrogen-bond donors (Lipinski definition) is 0. The highest BCUT2D eigenvalue weighted by atomic mass is 16.6. The van der Waals surface area contributed by atoms with Gasteiger partial charge in [0.05, 0.1) is 11.7 Å². The van der Waals surface area contributed by atoms with Crippen LogP contribution in [-0.4, -0.2) is 11.7 Å². The van der Waals surface area contributed by atoms with Crippen molar-refractivity contribution < 1.29 is 4.74 Å². The van der Waals surface area contributed by atoms with Crippen molar-refractivity contribution in [2.75, 3.05) is 0 Å². The van der Waals surface area contributed by atoms with E-state index in [-0.39, 0.29) is 11.0 Å². The number of rotatable bonds is 0. The standard InChI is InChI=1S/C15H24O/c1-12-6-7-13-15(4,16-13)10-5-9-14(2,3)11-8-12/h5,8-9,13H,6-7,10-11H2,1-4H3/b9-5+,12-8-. The van der Waals surface area contributed by atoms with Crippen molar-refractivity contribution in [3.63, 3.8) is 0 Å². The smallest absolute Gasteiger partial charge is 0.0954 e. The Hall–Kier alpha value is -0.560. The maximum Gasteiger partial charge on any atom is 0.0954 e. The molecule has 0 N–H and O–H groups in total. The monoisotopic (exact) mass is 220 g/mol. The first-order valence-corrected chi connectivity index (χ1v) is 6.42. The van der Waals surface area contributed by atoms with Crippen molar-refractivity contribution in [2.45, 2.75) is 65.1 Å². The summed E-state index contributed by atoms with van der Waals surface area (Å²) in [6.07, 6.45) is 12.2. The molecule has 1 heteroatoms. The van der Waals surface area contributed by atoms with E-state index in [1.54, 1.807) is 0 Å². The van der Waals surface area contributed by atoms with Gasteiger partial charge in [-0.15, -0.1) is 0 Å². The Morgan fingerprint density at radius 2 is 2.00 bits per heavy atom. The Labute approximate surface area is 99.6 Å². The molecule has 1 aliphatic carbocycles. The molecule has 16 heavy (non-hydrogen) atoms. The minimum Gasteiger partial charge on any atom is -0.366 e. The van der Waals surface area contributed by atoms with E-state index in [1.165, 1.54) is 18.4 Å². The molecule has 2 atom stereocenters. The van der Waals surface area contributed by atoms with Crippen LogP contribution in [0.5, 0.6) is 0 Å². The third-order valence-electron chi connectivity index (χ3n) is 3.91. The van der Waals surface area contributed by atoms with E-state index in [0.717, 1.165) is 12.8 Å². The van der Waals surface area contributed by atoms with Crippen LogP contribution in [0.25, 0.3) is 0 Å². The molecular weight excluding hydrogens is 196 g/mol. The molecule has 2 aliphatic rings. The molecule has 1 nitrogen and oxygen atoms in total. The van der Waals surface area contributed by atoms with Gasteiger partial charge in [-0.2, -0.15) is 0 Å². The van der Waals surface area contributed by atoms with Gasteiger partial charge in [0.15, 0.2) is 0 Å². The molecule has 0 aromatic carbocycles. The lowest BCUT2D eigenvalue weighted by Gasteiger charge is -2.18. The fraction of sp³-hybridized carbons (Fsp3) is 0.733. The van der Waals surface area contributed by atoms with Crippen LogP contribution in [0.1, 0.15) is 53.4 Å². The molecule has 0 saturated carbocycles. The van der Waals surface area contributed by atoms with Gasteiger partial charge in [-0.25, -0.2) is 0 Å². The largest absolute Gasteiger partial charge is 0.366 e. The Kier molecular flexibility index (Phi) is 3.00. The van der Waals surface area contributed by atoms with Crippen molar-refractivity contribution in [3.05, 3.63) is 23.8 Å². The maximum atomic E-state index is 5.82. The molecule has 1 saturated heterocycles. The lowest BCUT2D eigenvalue weighted by Crippen LogP contribution is -2.09. The molecule has 0 amide bonds. The van der Waals surface area contributed by atoms with Crippen LogP contribution in [0.2, 0.25) is 0 Å². The van der Waals surface area contributed by atoms with E-state index >= 15 is 0 Å². The zero-order valence-corrected chi connectivity index (χ0v) is 11.0. The van der Waals surface area contributed by atoms with Crippen LogP contribution in [0.15, 0.2) is 23.8 Å². The zero-order chi connectivity index (χ0) is 11.8. The van der Waals surface area contributed by atoms with Crippen LogP contribution in [0.3, 0.4) is 0 Å². The van der Waals surface area contributed by atoms with Crippen molar-refractivity contribution in [3.8, 4) is 0 Å². The molecule has 0 radical (unpaired) electrons. The summed E-state index contributed by atoms with van der Waals surface area (Å²) in [5, 5.41) is 0. The Morgan fingerprint density at radius 3 is 2.75 bits per heavy atom. The van der Waals surface area contributed by atoms with E-state index in [4.69, 9.17) is 4.74 Å².